The Hall–Kier alpha value is -3.93. The van der Waals surface area contributed by atoms with Crippen molar-refractivity contribution in [1.82, 2.24) is 14.5 Å². The number of amides is 2. The Morgan fingerprint density at radius 1 is 1.00 bits per heavy atom. The molecular formula is C30H34N4O2. The number of hydrogen-bond donors (Lipinski definition) is 1. The lowest BCUT2D eigenvalue weighted by Gasteiger charge is -2.31. The summed E-state index contributed by atoms with van der Waals surface area (Å²) in [5.74, 6) is 0.552. The summed E-state index contributed by atoms with van der Waals surface area (Å²) in [7, 11) is 0. The third-order valence-corrected chi connectivity index (χ3v) is 6.66. The van der Waals surface area contributed by atoms with E-state index in [2.05, 4.69) is 19.2 Å². The largest absolute Gasteiger partial charge is 0.322 e. The van der Waals surface area contributed by atoms with Crippen LogP contribution in [0.25, 0.3) is 16.6 Å². The third-order valence-electron chi connectivity index (χ3n) is 6.66. The molecule has 1 aromatic heterocycles. The Labute approximate surface area is 212 Å². The summed E-state index contributed by atoms with van der Waals surface area (Å²) in [5.41, 5.74) is 4.12. The Balaban J connectivity index is 1.87. The predicted octanol–water partition coefficient (Wildman–Crippen LogP) is 6.65. The summed E-state index contributed by atoms with van der Waals surface area (Å²) in [6.45, 7) is 8.65. The number of aryl methyl sites for hydroxylation is 2. The van der Waals surface area contributed by atoms with Crippen molar-refractivity contribution in [2.75, 3.05) is 11.9 Å². The highest BCUT2D eigenvalue weighted by molar-refractivity contribution is 5.90. The highest BCUT2D eigenvalue weighted by Gasteiger charge is 2.27. The number of rotatable bonds is 8. The van der Waals surface area contributed by atoms with Crippen molar-refractivity contribution in [3.8, 4) is 5.69 Å². The lowest BCUT2D eigenvalue weighted by molar-refractivity contribution is 0.188. The van der Waals surface area contributed by atoms with Gasteiger partial charge in [0.1, 0.15) is 5.82 Å². The van der Waals surface area contributed by atoms with Crippen molar-refractivity contribution >= 4 is 22.6 Å². The molecule has 6 heteroatoms. The first-order valence-electron chi connectivity index (χ1n) is 12.7. The SMILES string of the molecule is CCCCN(C(=O)Nc1ccccc1C)C(C)c1nc2ccccc2c(=O)n1-c1ccccc1CC. The number of fused-ring (bicyclic) bond motifs is 1. The van der Waals surface area contributed by atoms with Crippen molar-refractivity contribution in [2.45, 2.75) is 53.0 Å². The Bertz CT molecular complexity index is 1430. The summed E-state index contributed by atoms with van der Waals surface area (Å²) in [6.07, 6.45) is 2.56. The predicted molar refractivity (Wildman–Crippen MR) is 147 cm³/mol. The van der Waals surface area contributed by atoms with Gasteiger partial charge in [0.15, 0.2) is 0 Å². The van der Waals surface area contributed by atoms with Gasteiger partial charge in [0, 0.05) is 12.2 Å². The monoisotopic (exact) mass is 482 g/mol. The third kappa shape index (κ3) is 5.03. The van der Waals surface area contributed by atoms with E-state index in [0.717, 1.165) is 41.8 Å². The summed E-state index contributed by atoms with van der Waals surface area (Å²) in [5, 5.41) is 3.63. The van der Waals surface area contributed by atoms with E-state index in [-0.39, 0.29) is 11.6 Å². The van der Waals surface area contributed by atoms with Gasteiger partial charge in [-0.05, 0) is 62.1 Å². The average Bonchev–Trinajstić information content (AvgIpc) is 2.90. The quantitative estimate of drug-likeness (QED) is 0.306. The van der Waals surface area contributed by atoms with Gasteiger partial charge in [-0.1, -0.05) is 68.8 Å². The number of hydrogen-bond acceptors (Lipinski definition) is 3. The number of para-hydroxylation sites is 3. The highest BCUT2D eigenvalue weighted by Crippen LogP contribution is 2.26. The number of unbranched alkanes of at least 4 members (excludes halogenated alkanes) is 1. The van der Waals surface area contributed by atoms with Crippen LogP contribution >= 0.6 is 0 Å². The van der Waals surface area contributed by atoms with Gasteiger partial charge in [0.2, 0.25) is 0 Å². The van der Waals surface area contributed by atoms with Gasteiger partial charge in [-0.25, -0.2) is 9.78 Å². The maximum atomic E-state index is 13.9. The number of carbonyl (C=O) groups excluding carboxylic acids is 1. The molecule has 1 heterocycles. The number of urea groups is 1. The molecule has 0 aliphatic carbocycles. The molecule has 0 saturated heterocycles. The second-order valence-corrected chi connectivity index (χ2v) is 9.08. The van der Waals surface area contributed by atoms with Crippen LogP contribution < -0.4 is 10.9 Å². The molecule has 186 valence electrons. The van der Waals surface area contributed by atoms with Gasteiger partial charge in [-0.3, -0.25) is 9.36 Å². The van der Waals surface area contributed by atoms with Crippen LogP contribution in [0.3, 0.4) is 0 Å². The van der Waals surface area contributed by atoms with Gasteiger partial charge in [-0.15, -0.1) is 0 Å². The van der Waals surface area contributed by atoms with E-state index < -0.39 is 6.04 Å². The average molecular weight is 483 g/mol. The van der Waals surface area contributed by atoms with E-state index in [1.54, 1.807) is 9.47 Å². The minimum Gasteiger partial charge on any atom is -0.315 e. The van der Waals surface area contributed by atoms with Gasteiger partial charge >= 0.3 is 6.03 Å². The van der Waals surface area contributed by atoms with Crippen LogP contribution in [0.2, 0.25) is 0 Å². The number of nitrogens with zero attached hydrogens (tertiary/aromatic N) is 3. The van der Waals surface area contributed by atoms with Crippen molar-refractivity contribution in [1.29, 1.82) is 0 Å². The van der Waals surface area contributed by atoms with Crippen LogP contribution in [0, 0.1) is 6.92 Å². The Morgan fingerprint density at radius 3 is 2.44 bits per heavy atom. The number of nitrogens with one attached hydrogen (secondary N) is 1. The van der Waals surface area contributed by atoms with Crippen LogP contribution in [0.4, 0.5) is 10.5 Å². The fourth-order valence-corrected chi connectivity index (χ4v) is 4.53. The number of aromatic nitrogens is 2. The maximum absolute atomic E-state index is 13.9. The number of carbonyl (C=O) groups is 1. The van der Waals surface area contributed by atoms with Gasteiger partial charge in [0.05, 0.1) is 22.6 Å². The standard InChI is InChI=1S/C30H34N4O2/c1-5-7-20-33(30(36)32-25-17-11-8-14-21(25)3)22(4)28-31-26-18-12-10-16-24(26)29(35)34(28)27-19-13-9-15-23(27)6-2/h8-19,22H,5-7,20H2,1-4H3,(H,32,36). The normalized spacial score (nSPS) is 11.9. The Morgan fingerprint density at radius 2 is 1.69 bits per heavy atom. The van der Waals surface area contributed by atoms with Crippen molar-refractivity contribution < 1.29 is 4.79 Å². The summed E-state index contributed by atoms with van der Waals surface area (Å²) < 4.78 is 1.70. The maximum Gasteiger partial charge on any atom is 0.322 e. The first kappa shape index (κ1) is 25.2. The smallest absolute Gasteiger partial charge is 0.315 e. The first-order valence-corrected chi connectivity index (χ1v) is 12.7. The lowest BCUT2D eigenvalue weighted by Crippen LogP contribution is -2.40. The molecule has 1 unspecified atom stereocenters. The van der Waals surface area contributed by atoms with E-state index in [4.69, 9.17) is 4.98 Å². The zero-order chi connectivity index (χ0) is 25.7. The summed E-state index contributed by atoms with van der Waals surface area (Å²) in [4.78, 5) is 34.2. The molecule has 6 nitrogen and oxygen atoms in total. The second-order valence-electron chi connectivity index (χ2n) is 9.08. The molecular weight excluding hydrogens is 448 g/mol. The molecule has 4 rings (SSSR count). The molecule has 1 N–H and O–H groups in total. The topological polar surface area (TPSA) is 67.2 Å². The van der Waals surface area contributed by atoms with Crippen LogP contribution in [0.15, 0.2) is 77.6 Å². The van der Waals surface area contributed by atoms with Crippen LogP contribution in [-0.4, -0.2) is 27.0 Å². The molecule has 1 atom stereocenters. The summed E-state index contributed by atoms with van der Waals surface area (Å²) >= 11 is 0. The van der Waals surface area contributed by atoms with Crippen molar-refractivity contribution in [3.63, 3.8) is 0 Å². The molecule has 0 radical (unpaired) electrons. The molecule has 0 fully saturated rings. The fourth-order valence-electron chi connectivity index (χ4n) is 4.53. The van der Waals surface area contributed by atoms with Gasteiger partial charge in [-0.2, -0.15) is 0 Å². The zero-order valence-electron chi connectivity index (χ0n) is 21.5. The van der Waals surface area contributed by atoms with Gasteiger partial charge in [0.25, 0.3) is 5.56 Å². The van der Waals surface area contributed by atoms with E-state index in [1.807, 2.05) is 86.6 Å². The molecule has 2 amide bonds. The molecule has 3 aromatic carbocycles. The minimum atomic E-state index is -0.442. The molecule has 4 aromatic rings. The highest BCUT2D eigenvalue weighted by atomic mass is 16.2. The van der Waals surface area contributed by atoms with E-state index >= 15 is 0 Å². The fraction of sp³-hybridized carbons (Fsp3) is 0.300. The molecule has 0 spiro atoms. The van der Waals surface area contributed by atoms with Crippen LogP contribution in [0.1, 0.15) is 56.6 Å². The van der Waals surface area contributed by atoms with Crippen LogP contribution in [-0.2, 0) is 6.42 Å². The van der Waals surface area contributed by atoms with E-state index in [0.29, 0.717) is 23.3 Å². The molecule has 0 aliphatic rings. The molecule has 0 aliphatic heterocycles. The number of benzene rings is 3. The van der Waals surface area contributed by atoms with E-state index in [9.17, 15) is 9.59 Å². The lowest BCUT2D eigenvalue weighted by atomic mass is 10.1. The minimum absolute atomic E-state index is 0.127. The summed E-state index contributed by atoms with van der Waals surface area (Å²) in [6, 6.07) is 22.4. The zero-order valence-corrected chi connectivity index (χ0v) is 21.5. The number of anilines is 1. The van der Waals surface area contributed by atoms with Crippen molar-refractivity contribution in [2.24, 2.45) is 0 Å². The Kier molecular flexibility index (Phi) is 7.84. The first-order chi connectivity index (χ1) is 17.5. The van der Waals surface area contributed by atoms with Gasteiger partial charge < -0.3 is 10.2 Å². The molecule has 0 saturated carbocycles. The van der Waals surface area contributed by atoms with E-state index in [1.165, 1.54) is 0 Å². The van der Waals surface area contributed by atoms with Crippen molar-refractivity contribution in [3.05, 3.63) is 100 Å². The second kappa shape index (κ2) is 11.2. The molecule has 0 bridgehead atoms. The molecule has 36 heavy (non-hydrogen) atoms. The van der Waals surface area contributed by atoms with Crippen LogP contribution in [0.5, 0.6) is 0 Å².